The molecule has 0 fully saturated rings. The molecule has 0 bridgehead atoms. The van der Waals surface area contributed by atoms with E-state index in [9.17, 15) is 14.4 Å². The number of carbonyl (C=O) groups is 1. The van der Waals surface area contributed by atoms with Crippen molar-refractivity contribution < 1.29 is 4.79 Å². The van der Waals surface area contributed by atoms with Crippen molar-refractivity contribution in [1.29, 1.82) is 0 Å². The first-order chi connectivity index (χ1) is 10.9. The second-order valence-corrected chi connectivity index (χ2v) is 6.10. The van der Waals surface area contributed by atoms with Crippen LogP contribution in [0.25, 0.3) is 11.2 Å². The Morgan fingerprint density at radius 2 is 1.78 bits per heavy atom. The minimum atomic E-state index is -0.468. The first kappa shape index (κ1) is 15.4. The van der Waals surface area contributed by atoms with Crippen LogP contribution >= 0.6 is 15.9 Å². The van der Waals surface area contributed by atoms with Gasteiger partial charge in [0.15, 0.2) is 16.9 Å². The summed E-state index contributed by atoms with van der Waals surface area (Å²) >= 11 is 3.32. The summed E-state index contributed by atoms with van der Waals surface area (Å²) in [5.74, 6) is -0.146. The summed E-state index contributed by atoms with van der Waals surface area (Å²) in [5, 5.41) is 0. The maximum Gasteiger partial charge on any atom is 0.332 e. The van der Waals surface area contributed by atoms with E-state index in [0.717, 1.165) is 9.04 Å². The number of nitrogens with zero attached hydrogens (tertiary/aromatic N) is 4. The second kappa shape index (κ2) is 5.62. The minimum Gasteiger partial charge on any atom is -0.317 e. The smallest absolute Gasteiger partial charge is 0.317 e. The molecule has 0 spiro atoms. The van der Waals surface area contributed by atoms with Gasteiger partial charge < -0.3 is 4.57 Å². The zero-order chi connectivity index (χ0) is 16.7. The van der Waals surface area contributed by atoms with E-state index in [1.54, 1.807) is 24.3 Å². The fourth-order valence-electron chi connectivity index (χ4n) is 2.40. The van der Waals surface area contributed by atoms with Crippen molar-refractivity contribution >= 4 is 32.9 Å². The summed E-state index contributed by atoms with van der Waals surface area (Å²) < 4.78 is 4.65. The van der Waals surface area contributed by atoms with Gasteiger partial charge in [-0.25, -0.2) is 9.78 Å². The second-order valence-electron chi connectivity index (χ2n) is 5.18. The van der Waals surface area contributed by atoms with Crippen molar-refractivity contribution in [3.05, 3.63) is 61.5 Å². The standard InChI is InChI=1S/C15H13BrN4O3/c1-18-13-12(14(22)19(2)15(18)23)20(8-17-13)7-11(21)9-3-5-10(16)6-4-9/h3-6,8H,7H2,1-2H3. The molecule has 0 N–H and O–H groups in total. The average molecular weight is 377 g/mol. The molecule has 0 radical (unpaired) electrons. The van der Waals surface area contributed by atoms with Crippen LogP contribution in [0.3, 0.4) is 0 Å². The Kier molecular flexibility index (Phi) is 3.77. The van der Waals surface area contributed by atoms with Crippen molar-refractivity contribution in [1.82, 2.24) is 18.7 Å². The Morgan fingerprint density at radius 3 is 2.43 bits per heavy atom. The molecule has 8 heteroatoms. The summed E-state index contributed by atoms with van der Waals surface area (Å²) in [7, 11) is 2.94. The minimum absolute atomic E-state index is 0.0222. The van der Waals surface area contributed by atoms with Crippen LogP contribution in [-0.2, 0) is 20.6 Å². The number of halogens is 1. The van der Waals surface area contributed by atoms with E-state index in [1.165, 1.54) is 29.6 Å². The molecule has 0 saturated heterocycles. The van der Waals surface area contributed by atoms with Crippen LogP contribution in [0.5, 0.6) is 0 Å². The third kappa shape index (κ3) is 2.55. The number of imidazole rings is 1. The normalized spacial score (nSPS) is 11.1. The molecule has 1 aromatic carbocycles. The van der Waals surface area contributed by atoms with Crippen LogP contribution in [0.4, 0.5) is 0 Å². The van der Waals surface area contributed by atoms with Crippen LogP contribution < -0.4 is 11.2 Å². The highest BCUT2D eigenvalue weighted by Crippen LogP contribution is 2.13. The quantitative estimate of drug-likeness (QED) is 0.640. The molecule has 23 heavy (non-hydrogen) atoms. The predicted molar refractivity (Wildman–Crippen MR) is 88.7 cm³/mol. The lowest BCUT2D eigenvalue weighted by Crippen LogP contribution is -2.37. The molecule has 0 saturated carbocycles. The SMILES string of the molecule is Cn1c(=O)c2c(ncn2CC(=O)c2ccc(Br)cc2)n(C)c1=O. The van der Waals surface area contributed by atoms with Gasteiger partial charge in [0.25, 0.3) is 5.56 Å². The van der Waals surface area contributed by atoms with Gasteiger partial charge in [0, 0.05) is 24.1 Å². The van der Waals surface area contributed by atoms with E-state index < -0.39 is 11.2 Å². The van der Waals surface area contributed by atoms with E-state index >= 15 is 0 Å². The van der Waals surface area contributed by atoms with Gasteiger partial charge >= 0.3 is 5.69 Å². The van der Waals surface area contributed by atoms with Gasteiger partial charge in [-0.15, -0.1) is 0 Å². The van der Waals surface area contributed by atoms with E-state index in [-0.39, 0.29) is 23.5 Å². The Labute approximate surface area is 138 Å². The first-order valence-corrected chi connectivity index (χ1v) is 7.59. The molecule has 0 aliphatic rings. The van der Waals surface area contributed by atoms with Crippen LogP contribution in [0.15, 0.2) is 44.7 Å². The Hall–Kier alpha value is -2.48. The number of rotatable bonds is 3. The van der Waals surface area contributed by atoms with Crippen LogP contribution in [-0.4, -0.2) is 24.5 Å². The van der Waals surface area contributed by atoms with Gasteiger partial charge in [-0.3, -0.25) is 18.7 Å². The number of hydrogen-bond donors (Lipinski definition) is 0. The topological polar surface area (TPSA) is 78.9 Å². The fourth-order valence-corrected chi connectivity index (χ4v) is 2.66. The van der Waals surface area contributed by atoms with Crippen LogP contribution in [0, 0.1) is 0 Å². The predicted octanol–water partition coefficient (Wildman–Crippen LogP) is 1.08. The number of ketones is 1. The van der Waals surface area contributed by atoms with Gasteiger partial charge in [-0.05, 0) is 12.1 Å². The lowest BCUT2D eigenvalue weighted by atomic mass is 10.1. The summed E-state index contributed by atoms with van der Waals surface area (Å²) in [6, 6.07) is 6.97. The van der Waals surface area contributed by atoms with E-state index in [0.29, 0.717) is 5.56 Å². The van der Waals surface area contributed by atoms with Gasteiger partial charge in [0.1, 0.15) is 0 Å². The maximum absolute atomic E-state index is 12.4. The number of Topliss-reactive ketones (excluding diaryl/α,β-unsaturated/α-hetero) is 1. The van der Waals surface area contributed by atoms with Crippen molar-refractivity contribution in [2.45, 2.75) is 6.54 Å². The van der Waals surface area contributed by atoms with Gasteiger partial charge in [-0.2, -0.15) is 0 Å². The summed E-state index contributed by atoms with van der Waals surface area (Å²) in [6.07, 6.45) is 1.41. The Morgan fingerprint density at radius 1 is 1.13 bits per heavy atom. The number of fused-ring (bicyclic) bond motifs is 1. The molecule has 3 rings (SSSR count). The van der Waals surface area contributed by atoms with E-state index in [1.807, 2.05) is 0 Å². The number of aromatic nitrogens is 4. The Balaban J connectivity index is 2.08. The van der Waals surface area contributed by atoms with Crippen molar-refractivity contribution in [2.24, 2.45) is 14.1 Å². The van der Waals surface area contributed by atoms with E-state index in [2.05, 4.69) is 20.9 Å². The fraction of sp³-hybridized carbons (Fsp3) is 0.200. The van der Waals surface area contributed by atoms with Crippen LogP contribution in [0.1, 0.15) is 10.4 Å². The van der Waals surface area contributed by atoms with Gasteiger partial charge in [0.2, 0.25) is 0 Å². The van der Waals surface area contributed by atoms with E-state index in [4.69, 9.17) is 0 Å². The average Bonchev–Trinajstić information content (AvgIpc) is 2.95. The van der Waals surface area contributed by atoms with Crippen molar-refractivity contribution in [2.75, 3.05) is 0 Å². The monoisotopic (exact) mass is 376 g/mol. The molecule has 0 amide bonds. The first-order valence-electron chi connectivity index (χ1n) is 6.79. The zero-order valence-corrected chi connectivity index (χ0v) is 14.1. The molecule has 2 aromatic heterocycles. The molecule has 0 aliphatic carbocycles. The highest BCUT2D eigenvalue weighted by molar-refractivity contribution is 9.10. The zero-order valence-electron chi connectivity index (χ0n) is 12.5. The Bertz CT molecular complexity index is 1030. The molecule has 118 valence electrons. The molecular formula is C15H13BrN4O3. The molecule has 0 unspecified atom stereocenters. The van der Waals surface area contributed by atoms with Crippen LogP contribution in [0.2, 0.25) is 0 Å². The molecule has 2 heterocycles. The number of hydrogen-bond acceptors (Lipinski definition) is 4. The third-order valence-corrected chi connectivity index (χ3v) is 4.23. The number of aryl methyl sites for hydroxylation is 1. The summed E-state index contributed by atoms with van der Waals surface area (Å²) in [4.78, 5) is 40.7. The number of carbonyl (C=O) groups excluding carboxylic acids is 1. The van der Waals surface area contributed by atoms with Gasteiger partial charge in [0.05, 0.1) is 12.9 Å². The number of benzene rings is 1. The summed E-state index contributed by atoms with van der Waals surface area (Å²) in [6.45, 7) is -0.0222. The largest absolute Gasteiger partial charge is 0.332 e. The molecule has 0 atom stereocenters. The molecule has 7 nitrogen and oxygen atoms in total. The highest BCUT2D eigenvalue weighted by Gasteiger charge is 2.16. The lowest BCUT2D eigenvalue weighted by molar-refractivity contribution is 0.0973. The molecule has 0 aliphatic heterocycles. The maximum atomic E-state index is 12.4. The highest BCUT2D eigenvalue weighted by atomic mass is 79.9. The molecule has 3 aromatic rings. The lowest BCUT2D eigenvalue weighted by Gasteiger charge is -2.06. The van der Waals surface area contributed by atoms with Gasteiger partial charge in [-0.1, -0.05) is 28.1 Å². The van der Waals surface area contributed by atoms with Crippen molar-refractivity contribution in [3.8, 4) is 0 Å². The summed E-state index contributed by atoms with van der Waals surface area (Å²) in [5.41, 5.74) is 0.120. The molecular weight excluding hydrogens is 364 g/mol. The van der Waals surface area contributed by atoms with Crippen molar-refractivity contribution in [3.63, 3.8) is 0 Å². The third-order valence-electron chi connectivity index (χ3n) is 3.70.